The Kier molecular flexibility index (Phi) is 5.44. The second-order valence-corrected chi connectivity index (χ2v) is 6.64. The van der Waals surface area contributed by atoms with Crippen molar-refractivity contribution >= 4 is 34.4 Å². The van der Waals surface area contributed by atoms with E-state index in [1.54, 1.807) is 42.6 Å². The molecule has 5 nitrogen and oxygen atoms in total. The van der Waals surface area contributed by atoms with E-state index in [0.29, 0.717) is 44.7 Å². The quantitative estimate of drug-likeness (QED) is 0.459. The van der Waals surface area contributed by atoms with Crippen LogP contribution in [-0.2, 0) is 4.84 Å². The van der Waals surface area contributed by atoms with E-state index in [2.05, 4.69) is 15.1 Å². The SMILES string of the molecule is CO/N=C(\C1=Nc2ccc(Cl)cc2C(c2ccccc2F)=NC1)c1ccccn1. The van der Waals surface area contributed by atoms with Gasteiger partial charge in [-0.05, 0) is 42.5 Å². The molecule has 4 rings (SSSR count). The molecule has 1 aliphatic heterocycles. The molecule has 29 heavy (non-hydrogen) atoms. The van der Waals surface area contributed by atoms with Crippen LogP contribution in [0.5, 0.6) is 0 Å². The maximum Gasteiger partial charge on any atom is 0.151 e. The molecule has 0 unspecified atom stereocenters. The van der Waals surface area contributed by atoms with Crippen LogP contribution < -0.4 is 0 Å². The molecule has 0 amide bonds. The van der Waals surface area contributed by atoms with Crippen molar-refractivity contribution in [3.63, 3.8) is 0 Å². The fraction of sp³-hybridized carbons (Fsp3) is 0.0909. The van der Waals surface area contributed by atoms with Gasteiger partial charge in [-0.15, -0.1) is 0 Å². The third-order valence-electron chi connectivity index (χ3n) is 4.35. The van der Waals surface area contributed by atoms with Crippen molar-refractivity contribution in [2.24, 2.45) is 15.1 Å². The predicted octanol–water partition coefficient (Wildman–Crippen LogP) is 4.85. The van der Waals surface area contributed by atoms with E-state index in [1.807, 2.05) is 18.2 Å². The third-order valence-corrected chi connectivity index (χ3v) is 4.58. The van der Waals surface area contributed by atoms with Crippen molar-refractivity contribution in [1.82, 2.24) is 4.98 Å². The Morgan fingerprint density at radius 2 is 1.90 bits per heavy atom. The summed E-state index contributed by atoms with van der Waals surface area (Å²) in [5.41, 5.74) is 3.76. The van der Waals surface area contributed by atoms with Crippen molar-refractivity contribution in [3.8, 4) is 0 Å². The van der Waals surface area contributed by atoms with Crippen molar-refractivity contribution in [2.75, 3.05) is 13.7 Å². The lowest BCUT2D eigenvalue weighted by molar-refractivity contribution is 0.214. The van der Waals surface area contributed by atoms with Crippen molar-refractivity contribution in [3.05, 3.63) is 94.5 Å². The van der Waals surface area contributed by atoms with E-state index in [-0.39, 0.29) is 12.4 Å². The average molecular weight is 407 g/mol. The van der Waals surface area contributed by atoms with Crippen LogP contribution in [0.3, 0.4) is 0 Å². The first-order valence-corrected chi connectivity index (χ1v) is 9.25. The van der Waals surface area contributed by atoms with Crippen LogP contribution in [0.15, 0.2) is 82.0 Å². The lowest BCUT2D eigenvalue weighted by Crippen LogP contribution is -2.20. The van der Waals surface area contributed by atoms with Crippen LogP contribution in [-0.4, -0.2) is 35.8 Å². The molecule has 144 valence electrons. The number of aromatic nitrogens is 1. The Morgan fingerprint density at radius 1 is 1.07 bits per heavy atom. The smallest absolute Gasteiger partial charge is 0.151 e. The summed E-state index contributed by atoms with van der Waals surface area (Å²) in [6.45, 7) is 0.175. The van der Waals surface area contributed by atoms with Crippen LogP contribution >= 0.6 is 11.6 Å². The molecule has 0 N–H and O–H groups in total. The van der Waals surface area contributed by atoms with E-state index in [4.69, 9.17) is 21.4 Å². The maximum absolute atomic E-state index is 14.5. The molecule has 0 saturated carbocycles. The second-order valence-electron chi connectivity index (χ2n) is 6.20. The summed E-state index contributed by atoms with van der Waals surface area (Å²) in [5, 5.41) is 4.64. The molecule has 0 aliphatic carbocycles. The van der Waals surface area contributed by atoms with Gasteiger partial charge in [-0.1, -0.05) is 35.0 Å². The number of oxime groups is 1. The van der Waals surface area contributed by atoms with Crippen LogP contribution in [0.25, 0.3) is 0 Å². The minimum absolute atomic E-state index is 0.175. The van der Waals surface area contributed by atoms with Gasteiger partial charge >= 0.3 is 0 Å². The van der Waals surface area contributed by atoms with Crippen molar-refractivity contribution < 1.29 is 9.23 Å². The molecule has 2 heterocycles. The van der Waals surface area contributed by atoms with E-state index in [0.717, 1.165) is 0 Å². The standard InChI is InChI=1S/C22H16ClFN4O/c1-29-28-22(19-8-4-5-11-25-19)20-13-26-21(15-6-2-3-7-17(15)24)16-12-14(23)9-10-18(16)27-20/h2-12H,13H2,1H3/b28-22-. The van der Waals surface area contributed by atoms with Gasteiger partial charge in [0.15, 0.2) is 5.71 Å². The number of halogens is 2. The summed E-state index contributed by atoms with van der Waals surface area (Å²) < 4.78 is 14.5. The molecule has 2 aromatic carbocycles. The third kappa shape index (κ3) is 3.93. The molecule has 0 atom stereocenters. The maximum atomic E-state index is 14.5. The van der Waals surface area contributed by atoms with Gasteiger partial charge in [0.1, 0.15) is 12.9 Å². The Labute approximate surface area is 172 Å². The van der Waals surface area contributed by atoms with Gasteiger partial charge in [0.05, 0.1) is 29.3 Å². The Balaban J connectivity index is 1.89. The van der Waals surface area contributed by atoms with E-state index in [9.17, 15) is 4.39 Å². The lowest BCUT2D eigenvalue weighted by atomic mass is 10.0. The molecule has 0 fully saturated rings. The highest BCUT2D eigenvalue weighted by Gasteiger charge is 2.22. The Morgan fingerprint density at radius 3 is 2.66 bits per heavy atom. The van der Waals surface area contributed by atoms with E-state index < -0.39 is 0 Å². The molecule has 0 saturated heterocycles. The van der Waals surface area contributed by atoms with Crippen molar-refractivity contribution in [1.29, 1.82) is 0 Å². The summed E-state index contributed by atoms with van der Waals surface area (Å²) in [7, 11) is 1.46. The van der Waals surface area contributed by atoms with Gasteiger partial charge in [-0.2, -0.15) is 0 Å². The van der Waals surface area contributed by atoms with E-state index >= 15 is 0 Å². The number of nitrogens with zero attached hydrogens (tertiary/aromatic N) is 4. The highest BCUT2D eigenvalue weighted by Crippen LogP contribution is 2.29. The number of fused-ring (bicyclic) bond motifs is 1. The normalized spacial score (nSPS) is 13.8. The van der Waals surface area contributed by atoms with Gasteiger partial charge in [-0.3, -0.25) is 9.98 Å². The number of benzene rings is 2. The molecule has 0 spiro atoms. The van der Waals surface area contributed by atoms with Gasteiger partial charge in [0, 0.05) is 22.3 Å². The van der Waals surface area contributed by atoms with Gasteiger partial charge in [0.25, 0.3) is 0 Å². The predicted molar refractivity (Wildman–Crippen MR) is 113 cm³/mol. The summed E-state index contributed by atoms with van der Waals surface area (Å²) >= 11 is 6.22. The second kappa shape index (κ2) is 8.32. The first-order valence-electron chi connectivity index (χ1n) is 8.87. The minimum atomic E-state index is -0.365. The highest BCUT2D eigenvalue weighted by molar-refractivity contribution is 6.49. The van der Waals surface area contributed by atoms with E-state index in [1.165, 1.54) is 13.2 Å². The Hall–Kier alpha value is -3.38. The zero-order valence-electron chi connectivity index (χ0n) is 15.5. The zero-order chi connectivity index (χ0) is 20.2. The molecule has 7 heteroatoms. The molecular weight excluding hydrogens is 391 g/mol. The van der Waals surface area contributed by atoms with Crippen LogP contribution in [0.4, 0.5) is 10.1 Å². The minimum Gasteiger partial charge on any atom is -0.399 e. The number of hydrogen-bond donors (Lipinski definition) is 0. The Bertz CT molecular complexity index is 1140. The first-order chi connectivity index (χ1) is 14.2. The van der Waals surface area contributed by atoms with Gasteiger partial charge < -0.3 is 4.84 Å². The fourth-order valence-electron chi connectivity index (χ4n) is 3.07. The fourth-order valence-corrected chi connectivity index (χ4v) is 3.24. The highest BCUT2D eigenvalue weighted by atomic mass is 35.5. The molecule has 3 aromatic rings. The largest absolute Gasteiger partial charge is 0.399 e. The van der Waals surface area contributed by atoms with Gasteiger partial charge in [0.2, 0.25) is 0 Å². The number of rotatable bonds is 4. The summed E-state index contributed by atoms with van der Waals surface area (Å²) in [6, 6.07) is 17.2. The molecule has 1 aliphatic rings. The van der Waals surface area contributed by atoms with Crippen molar-refractivity contribution in [2.45, 2.75) is 0 Å². The van der Waals surface area contributed by atoms with Crippen LogP contribution in [0.1, 0.15) is 16.8 Å². The monoisotopic (exact) mass is 406 g/mol. The van der Waals surface area contributed by atoms with Crippen LogP contribution in [0.2, 0.25) is 5.02 Å². The topological polar surface area (TPSA) is 59.2 Å². The number of pyridine rings is 1. The summed E-state index contributed by atoms with van der Waals surface area (Å²) in [4.78, 5) is 18.8. The number of aliphatic imine (C=N–C) groups is 2. The lowest BCUT2D eigenvalue weighted by Gasteiger charge is -2.09. The zero-order valence-corrected chi connectivity index (χ0v) is 16.3. The molecule has 1 aromatic heterocycles. The summed E-state index contributed by atoms with van der Waals surface area (Å²) in [6.07, 6.45) is 1.67. The summed E-state index contributed by atoms with van der Waals surface area (Å²) in [5.74, 6) is -0.365. The van der Waals surface area contributed by atoms with Gasteiger partial charge in [-0.25, -0.2) is 9.38 Å². The first kappa shape index (κ1) is 19.0. The number of hydrogen-bond acceptors (Lipinski definition) is 5. The van der Waals surface area contributed by atoms with Crippen LogP contribution in [0, 0.1) is 5.82 Å². The molecular formula is C22H16ClFN4O. The average Bonchev–Trinajstić information content (AvgIpc) is 2.92. The molecule has 0 bridgehead atoms. The molecule has 0 radical (unpaired) electrons.